The molecule has 0 aromatic carbocycles. The minimum Gasteiger partial charge on any atom is -0.306 e. The maximum absolute atomic E-state index is 12.6. The first-order chi connectivity index (χ1) is 7.66. The van der Waals surface area contributed by atoms with Crippen LogP contribution < -0.4 is 5.32 Å². The van der Waals surface area contributed by atoms with Crippen molar-refractivity contribution in [3.05, 3.63) is 44.9 Å². The number of pyridine rings is 1. The molecule has 0 saturated heterocycles. The Bertz CT molecular complexity index is 512. The van der Waals surface area contributed by atoms with Crippen LogP contribution in [-0.2, 0) is 0 Å². The van der Waals surface area contributed by atoms with E-state index in [4.69, 9.17) is 0 Å². The summed E-state index contributed by atoms with van der Waals surface area (Å²) in [5.74, 6) is -0.372. The smallest absolute Gasteiger partial charge is 0.268 e. The second kappa shape index (κ2) is 4.71. The molecule has 2 heterocycles. The summed E-state index contributed by atoms with van der Waals surface area (Å²) in [4.78, 5) is 16.0. The van der Waals surface area contributed by atoms with Gasteiger partial charge in [-0.3, -0.25) is 4.79 Å². The molecule has 2 rings (SSSR count). The third kappa shape index (κ3) is 2.45. The highest BCUT2D eigenvalue weighted by atomic mass is 79.9. The standard InChI is InChI=1S/C10H6BrFN2OS/c11-7-3-4-16-9(7)10(15)14-8-2-1-6(12)5-13-8/h1-5H,(H,13,14,15). The van der Waals surface area contributed by atoms with Gasteiger partial charge in [-0.25, -0.2) is 9.37 Å². The molecule has 82 valence electrons. The lowest BCUT2D eigenvalue weighted by atomic mass is 10.4. The highest BCUT2D eigenvalue weighted by Gasteiger charge is 2.11. The van der Waals surface area contributed by atoms with Crippen LogP contribution in [0.1, 0.15) is 9.67 Å². The van der Waals surface area contributed by atoms with E-state index in [0.29, 0.717) is 10.7 Å². The largest absolute Gasteiger partial charge is 0.306 e. The highest BCUT2D eigenvalue weighted by molar-refractivity contribution is 9.10. The highest BCUT2D eigenvalue weighted by Crippen LogP contribution is 2.23. The summed E-state index contributed by atoms with van der Waals surface area (Å²) in [5, 5.41) is 4.38. The zero-order chi connectivity index (χ0) is 11.5. The maximum Gasteiger partial charge on any atom is 0.268 e. The van der Waals surface area contributed by atoms with Crippen molar-refractivity contribution in [3.63, 3.8) is 0 Å². The van der Waals surface area contributed by atoms with Crippen molar-refractivity contribution in [2.75, 3.05) is 5.32 Å². The number of anilines is 1. The third-order valence-corrected chi connectivity index (χ3v) is 3.63. The van der Waals surface area contributed by atoms with Crippen LogP contribution >= 0.6 is 27.3 Å². The fraction of sp³-hybridized carbons (Fsp3) is 0. The minimum atomic E-state index is -0.435. The van der Waals surface area contributed by atoms with Gasteiger partial charge in [-0.2, -0.15) is 0 Å². The molecule has 1 amide bonds. The third-order valence-electron chi connectivity index (χ3n) is 1.79. The Balaban J connectivity index is 2.14. The van der Waals surface area contributed by atoms with Crippen molar-refractivity contribution >= 4 is 39.0 Å². The van der Waals surface area contributed by atoms with Crippen molar-refractivity contribution in [2.24, 2.45) is 0 Å². The van der Waals surface area contributed by atoms with Crippen LogP contribution in [0.4, 0.5) is 10.2 Å². The Hall–Kier alpha value is -1.27. The number of rotatable bonds is 2. The van der Waals surface area contributed by atoms with Gasteiger partial charge in [0.1, 0.15) is 16.5 Å². The lowest BCUT2D eigenvalue weighted by Gasteiger charge is -2.02. The first-order valence-corrected chi connectivity index (χ1v) is 6.00. The number of aromatic nitrogens is 1. The Morgan fingerprint density at radius 1 is 1.44 bits per heavy atom. The van der Waals surface area contributed by atoms with Gasteiger partial charge in [-0.05, 0) is 39.5 Å². The van der Waals surface area contributed by atoms with Crippen LogP contribution in [0.3, 0.4) is 0 Å². The molecule has 0 aliphatic heterocycles. The molecule has 0 saturated carbocycles. The normalized spacial score (nSPS) is 10.1. The van der Waals surface area contributed by atoms with E-state index < -0.39 is 5.82 Å². The Morgan fingerprint density at radius 2 is 2.25 bits per heavy atom. The number of nitrogens with zero attached hydrogens (tertiary/aromatic N) is 1. The fourth-order valence-corrected chi connectivity index (χ4v) is 2.53. The van der Waals surface area contributed by atoms with Gasteiger partial charge in [0.15, 0.2) is 0 Å². The average Bonchev–Trinajstić information content (AvgIpc) is 2.68. The number of nitrogens with one attached hydrogen (secondary N) is 1. The number of hydrogen-bond donors (Lipinski definition) is 1. The minimum absolute atomic E-state index is 0.263. The quantitative estimate of drug-likeness (QED) is 0.924. The van der Waals surface area contributed by atoms with Crippen molar-refractivity contribution in [1.82, 2.24) is 4.98 Å². The first kappa shape index (κ1) is 11.2. The average molecular weight is 301 g/mol. The number of halogens is 2. The molecule has 16 heavy (non-hydrogen) atoms. The summed E-state index contributed by atoms with van der Waals surface area (Å²) >= 11 is 4.58. The van der Waals surface area contributed by atoms with Crippen LogP contribution in [0.25, 0.3) is 0 Å². The summed E-state index contributed by atoms with van der Waals surface area (Å²) in [5.41, 5.74) is 0. The van der Waals surface area contributed by atoms with E-state index in [1.165, 1.54) is 23.5 Å². The van der Waals surface area contributed by atoms with E-state index in [0.717, 1.165) is 10.7 Å². The molecule has 2 aromatic heterocycles. The summed E-state index contributed by atoms with van der Waals surface area (Å²) in [7, 11) is 0. The van der Waals surface area contributed by atoms with Crippen molar-refractivity contribution in [2.45, 2.75) is 0 Å². The second-order valence-electron chi connectivity index (χ2n) is 2.91. The molecule has 0 aliphatic carbocycles. The summed E-state index contributed by atoms with van der Waals surface area (Å²) in [6.45, 7) is 0. The fourth-order valence-electron chi connectivity index (χ4n) is 1.08. The van der Waals surface area contributed by atoms with Gasteiger partial charge in [0.05, 0.1) is 6.20 Å². The zero-order valence-corrected chi connectivity index (χ0v) is 10.3. The molecule has 0 unspecified atom stereocenters. The summed E-state index contributed by atoms with van der Waals surface area (Å²) in [6, 6.07) is 4.44. The lowest BCUT2D eigenvalue weighted by molar-refractivity contribution is 0.102. The van der Waals surface area contributed by atoms with Gasteiger partial charge >= 0.3 is 0 Å². The van der Waals surface area contributed by atoms with Gasteiger partial charge in [0, 0.05) is 4.47 Å². The molecule has 1 N–H and O–H groups in total. The predicted octanol–water partition coefficient (Wildman–Crippen LogP) is 3.30. The van der Waals surface area contributed by atoms with Crippen molar-refractivity contribution < 1.29 is 9.18 Å². The van der Waals surface area contributed by atoms with Crippen molar-refractivity contribution in [1.29, 1.82) is 0 Å². The topological polar surface area (TPSA) is 42.0 Å². The maximum atomic E-state index is 12.6. The van der Waals surface area contributed by atoms with Crippen LogP contribution in [0.5, 0.6) is 0 Å². The number of hydrogen-bond acceptors (Lipinski definition) is 3. The van der Waals surface area contributed by atoms with Crippen molar-refractivity contribution in [3.8, 4) is 0 Å². The number of thiophene rings is 1. The Morgan fingerprint density at radius 3 is 2.81 bits per heavy atom. The molecule has 0 bridgehead atoms. The van der Waals surface area contributed by atoms with Crippen LogP contribution in [-0.4, -0.2) is 10.9 Å². The van der Waals surface area contributed by atoms with E-state index in [1.807, 2.05) is 0 Å². The van der Waals surface area contributed by atoms with E-state index in [1.54, 1.807) is 11.4 Å². The summed E-state index contributed by atoms with van der Waals surface area (Å²) < 4.78 is 13.3. The van der Waals surface area contributed by atoms with Crippen LogP contribution in [0.15, 0.2) is 34.2 Å². The summed E-state index contributed by atoms with van der Waals surface area (Å²) in [6.07, 6.45) is 1.05. The van der Waals surface area contributed by atoms with E-state index >= 15 is 0 Å². The van der Waals surface area contributed by atoms with E-state index in [2.05, 4.69) is 26.2 Å². The molecular weight excluding hydrogens is 295 g/mol. The molecule has 0 radical (unpaired) electrons. The predicted molar refractivity (Wildman–Crippen MR) is 64.2 cm³/mol. The van der Waals surface area contributed by atoms with Gasteiger partial charge in [0.2, 0.25) is 0 Å². The van der Waals surface area contributed by atoms with E-state index in [9.17, 15) is 9.18 Å². The van der Waals surface area contributed by atoms with Gasteiger partial charge in [-0.15, -0.1) is 11.3 Å². The van der Waals surface area contributed by atoms with Gasteiger partial charge in [0.25, 0.3) is 5.91 Å². The molecule has 0 aliphatic rings. The van der Waals surface area contributed by atoms with E-state index in [-0.39, 0.29) is 5.91 Å². The number of amides is 1. The van der Waals surface area contributed by atoms with Gasteiger partial charge in [-0.1, -0.05) is 0 Å². The second-order valence-corrected chi connectivity index (χ2v) is 4.68. The molecule has 0 atom stereocenters. The molecular formula is C10H6BrFN2OS. The van der Waals surface area contributed by atoms with Gasteiger partial charge < -0.3 is 5.32 Å². The first-order valence-electron chi connectivity index (χ1n) is 4.33. The monoisotopic (exact) mass is 300 g/mol. The Kier molecular flexibility index (Phi) is 3.31. The molecule has 6 heteroatoms. The van der Waals surface area contributed by atoms with Crippen LogP contribution in [0.2, 0.25) is 0 Å². The van der Waals surface area contributed by atoms with Crippen LogP contribution in [0, 0.1) is 5.82 Å². The Labute approximate surface area is 103 Å². The molecule has 0 spiro atoms. The molecule has 3 nitrogen and oxygen atoms in total. The lowest BCUT2D eigenvalue weighted by Crippen LogP contribution is -2.11. The number of carbonyl (C=O) groups excluding carboxylic acids is 1. The number of carbonyl (C=O) groups is 1. The molecule has 0 fully saturated rings. The SMILES string of the molecule is O=C(Nc1ccc(F)cn1)c1sccc1Br. The zero-order valence-electron chi connectivity index (χ0n) is 7.91. The molecule has 2 aromatic rings.